The molecular weight excluding hydrogens is 336 g/mol. The van der Waals surface area contributed by atoms with Crippen LogP contribution < -0.4 is 14.8 Å². The van der Waals surface area contributed by atoms with Crippen molar-refractivity contribution >= 4 is 23.4 Å². The molecule has 0 atom stereocenters. The first-order chi connectivity index (χ1) is 12.5. The predicted molar refractivity (Wildman–Crippen MR) is 99.5 cm³/mol. The highest BCUT2D eigenvalue weighted by Gasteiger charge is 2.08. The molecular formula is C19H20N2O5. The summed E-state index contributed by atoms with van der Waals surface area (Å²) in [6.45, 7) is 4.73. The minimum Gasteiger partial charge on any atom is -0.490 e. The second-order valence-corrected chi connectivity index (χ2v) is 5.20. The predicted octanol–water partition coefficient (Wildman–Crippen LogP) is 4.04. The van der Waals surface area contributed by atoms with Crippen LogP contribution in [0.4, 0.5) is 11.4 Å². The number of carbonyl (C=O) groups excluding carboxylic acids is 1. The minimum atomic E-state index is -0.480. The second kappa shape index (κ2) is 9.22. The summed E-state index contributed by atoms with van der Waals surface area (Å²) >= 11 is 0. The van der Waals surface area contributed by atoms with E-state index in [1.807, 2.05) is 13.8 Å². The first kappa shape index (κ1) is 19.0. The molecule has 0 aromatic heterocycles. The highest BCUT2D eigenvalue weighted by Crippen LogP contribution is 2.30. The van der Waals surface area contributed by atoms with Crippen molar-refractivity contribution in [3.63, 3.8) is 0 Å². The maximum Gasteiger partial charge on any atom is 0.270 e. The number of nitro groups is 1. The minimum absolute atomic E-state index is 0.0274. The van der Waals surface area contributed by atoms with E-state index in [9.17, 15) is 14.9 Å². The van der Waals surface area contributed by atoms with Crippen molar-refractivity contribution in [2.24, 2.45) is 0 Å². The van der Waals surface area contributed by atoms with E-state index in [2.05, 4.69) is 5.32 Å². The van der Waals surface area contributed by atoms with E-state index in [0.29, 0.717) is 36.0 Å². The van der Waals surface area contributed by atoms with Gasteiger partial charge in [-0.25, -0.2) is 0 Å². The van der Waals surface area contributed by atoms with Crippen LogP contribution in [-0.2, 0) is 4.79 Å². The quantitative estimate of drug-likeness (QED) is 0.438. The molecule has 0 fully saturated rings. The third kappa shape index (κ3) is 5.34. The number of carbonyl (C=O) groups is 1. The van der Waals surface area contributed by atoms with Crippen LogP contribution in [0, 0.1) is 10.1 Å². The first-order valence-electron chi connectivity index (χ1n) is 8.16. The van der Waals surface area contributed by atoms with E-state index in [-0.39, 0.29) is 11.6 Å². The summed E-state index contributed by atoms with van der Waals surface area (Å²) in [6.07, 6.45) is 2.83. The third-order valence-electron chi connectivity index (χ3n) is 3.32. The van der Waals surface area contributed by atoms with Gasteiger partial charge in [-0.1, -0.05) is 12.1 Å². The maximum atomic E-state index is 12.1. The first-order valence-corrected chi connectivity index (χ1v) is 8.16. The number of nitro benzene ring substituents is 1. The van der Waals surface area contributed by atoms with Gasteiger partial charge in [0, 0.05) is 30.0 Å². The van der Waals surface area contributed by atoms with Gasteiger partial charge in [0.25, 0.3) is 5.69 Å². The molecule has 0 aliphatic rings. The van der Waals surface area contributed by atoms with Crippen molar-refractivity contribution < 1.29 is 19.2 Å². The number of hydrogen-bond acceptors (Lipinski definition) is 5. The lowest BCUT2D eigenvalue weighted by Crippen LogP contribution is -2.08. The molecule has 0 heterocycles. The zero-order valence-corrected chi connectivity index (χ0v) is 14.6. The Bertz CT molecular complexity index is 817. The summed E-state index contributed by atoms with van der Waals surface area (Å²) in [6, 6.07) is 11.2. The van der Waals surface area contributed by atoms with Crippen molar-refractivity contribution in [3.05, 3.63) is 64.2 Å². The Hall–Kier alpha value is -3.35. The average Bonchev–Trinajstić information content (AvgIpc) is 2.63. The number of hydrogen-bond donors (Lipinski definition) is 1. The van der Waals surface area contributed by atoms with Gasteiger partial charge in [0.1, 0.15) is 0 Å². The molecule has 2 rings (SSSR count). The van der Waals surface area contributed by atoms with Crippen molar-refractivity contribution in [2.45, 2.75) is 13.8 Å². The Morgan fingerprint density at radius 1 is 1.12 bits per heavy atom. The molecule has 1 N–H and O–H groups in total. The molecule has 0 unspecified atom stereocenters. The zero-order valence-electron chi connectivity index (χ0n) is 14.6. The number of amides is 1. The van der Waals surface area contributed by atoms with E-state index >= 15 is 0 Å². The van der Waals surface area contributed by atoms with Crippen molar-refractivity contribution in [2.75, 3.05) is 18.5 Å². The lowest BCUT2D eigenvalue weighted by molar-refractivity contribution is -0.384. The van der Waals surface area contributed by atoms with Gasteiger partial charge in [-0.15, -0.1) is 0 Å². The monoisotopic (exact) mass is 356 g/mol. The molecule has 0 saturated carbocycles. The third-order valence-corrected chi connectivity index (χ3v) is 3.32. The Morgan fingerprint density at radius 3 is 2.54 bits per heavy atom. The fraction of sp³-hybridized carbons (Fsp3) is 0.211. The standard InChI is InChI=1S/C19H20N2O5/c1-3-25-17-10-9-15(13-18(17)26-4-2)20-19(22)11-8-14-6-5-7-16(12-14)21(23)24/h5-13H,3-4H2,1-2H3,(H,20,22)/b11-8+. The zero-order chi connectivity index (χ0) is 18.9. The molecule has 2 aromatic carbocycles. The molecule has 136 valence electrons. The van der Waals surface area contributed by atoms with Crippen molar-refractivity contribution in [3.8, 4) is 11.5 Å². The van der Waals surface area contributed by atoms with Gasteiger partial charge in [-0.05, 0) is 37.6 Å². The molecule has 0 radical (unpaired) electrons. The molecule has 1 amide bonds. The lowest BCUT2D eigenvalue weighted by Gasteiger charge is -2.12. The van der Waals surface area contributed by atoms with Gasteiger partial charge in [-0.2, -0.15) is 0 Å². The molecule has 0 aliphatic heterocycles. The molecule has 0 spiro atoms. The molecule has 0 aliphatic carbocycles. The van der Waals surface area contributed by atoms with Crippen LogP contribution in [0.3, 0.4) is 0 Å². The van der Waals surface area contributed by atoms with E-state index < -0.39 is 4.92 Å². The van der Waals surface area contributed by atoms with Crippen LogP contribution in [0.5, 0.6) is 11.5 Å². The smallest absolute Gasteiger partial charge is 0.270 e. The number of anilines is 1. The van der Waals surface area contributed by atoms with Crippen molar-refractivity contribution in [1.82, 2.24) is 0 Å². The average molecular weight is 356 g/mol. The number of ether oxygens (including phenoxy) is 2. The summed E-state index contributed by atoms with van der Waals surface area (Å²) in [4.78, 5) is 22.4. The largest absolute Gasteiger partial charge is 0.490 e. The van der Waals surface area contributed by atoms with Crippen LogP contribution in [0.25, 0.3) is 6.08 Å². The summed E-state index contributed by atoms with van der Waals surface area (Å²) < 4.78 is 11.0. The highest BCUT2D eigenvalue weighted by atomic mass is 16.6. The molecule has 26 heavy (non-hydrogen) atoms. The number of non-ortho nitro benzene ring substituents is 1. The molecule has 0 saturated heterocycles. The normalized spacial score (nSPS) is 10.5. The number of nitrogens with zero attached hydrogens (tertiary/aromatic N) is 1. The van der Waals surface area contributed by atoms with Crippen LogP contribution in [0.1, 0.15) is 19.4 Å². The van der Waals surface area contributed by atoms with E-state index in [1.165, 1.54) is 24.3 Å². The highest BCUT2D eigenvalue weighted by molar-refractivity contribution is 6.02. The van der Waals surface area contributed by atoms with Gasteiger partial charge in [0.15, 0.2) is 11.5 Å². The number of rotatable bonds is 8. The lowest BCUT2D eigenvalue weighted by atomic mass is 10.2. The Kier molecular flexibility index (Phi) is 6.73. The topological polar surface area (TPSA) is 90.7 Å². The van der Waals surface area contributed by atoms with Gasteiger partial charge in [0.05, 0.1) is 18.1 Å². The van der Waals surface area contributed by atoms with E-state index in [1.54, 1.807) is 30.3 Å². The second-order valence-electron chi connectivity index (χ2n) is 5.20. The van der Waals surface area contributed by atoms with Gasteiger partial charge < -0.3 is 14.8 Å². The van der Waals surface area contributed by atoms with Crippen LogP contribution in [-0.4, -0.2) is 24.0 Å². The fourth-order valence-electron chi connectivity index (χ4n) is 2.23. The van der Waals surface area contributed by atoms with Gasteiger partial charge in [-0.3, -0.25) is 14.9 Å². The summed E-state index contributed by atoms with van der Waals surface area (Å²) in [5.41, 5.74) is 1.10. The Labute approximate surface area is 151 Å². The van der Waals surface area contributed by atoms with E-state index in [0.717, 1.165) is 0 Å². The van der Waals surface area contributed by atoms with Gasteiger partial charge in [0.2, 0.25) is 5.91 Å². The Balaban J connectivity index is 2.08. The summed E-state index contributed by atoms with van der Waals surface area (Å²) in [7, 11) is 0. The van der Waals surface area contributed by atoms with Gasteiger partial charge >= 0.3 is 0 Å². The molecule has 7 heteroatoms. The van der Waals surface area contributed by atoms with Crippen LogP contribution in [0.15, 0.2) is 48.5 Å². The van der Waals surface area contributed by atoms with E-state index in [4.69, 9.17) is 9.47 Å². The Morgan fingerprint density at radius 2 is 1.85 bits per heavy atom. The molecule has 0 bridgehead atoms. The number of benzene rings is 2. The van der Waals surface area contributed by atoms with Crippen LogP contribution in [0.2, 0.25) is 0 Å². The molecule has 7 nitrogen and oxygen atoms in total. The molecule has 2 aromatic rings. The van der Waals surface area contributed by atoms with Crippen LogP contribution >= 0.6 is 0 Å². The number of nitrogens with one attached hydrogen (secondary N) is 1. The summed E-state index contributed by atoms with van der Waals surface area (Å²) in [5, 5.41) is 13.5. The maximum absolute atomic E-state index is 12.1. The summed E-state index contributed by atoms with van der Waals surface area (Å²) in [5.74, 6) is 0.803. The SMILES string of the molecule is CCOc1ccc(NC(=O)/C=C/c2cccc([N+](=O)[O-])c2)cc1OCC. The fourth-order valence-corrected chi connectivity index (χ4v) is 2.23. The van der Waals surface area contributed by atoms with Crippen molar-refractivity contribution in [1.29, 1.82) is 0 Å².